The molecule has 1 aliphatic rings. The predicted octanol–water partition coefficient (Wildman–Crippen LogP) is 4.30. The van der Waals surface area contributed by atoms with Gasteiger partial charge in [-0.05, 0) is 35.9 Å². The van der Waals surface area contributed by atoms with Crippen molar-refractivity contribution in [3.63, 3.8) is 0 Å². The number of pyridine rings is 3. The third kappa shape index (κ3) is 5.34. The van der Waals surface area contributed by atoms with Gasteiger partial charge >= 0.3 is 0 Å². The molecule has 1 amide bonds. The summed E-state index contributed by atoms with van der Waals surface area (Å²) in [7, 11) is 1.53. The van der Waals surface area contributed by atoms with Gasteiger partial charge in [0.25, 0.3) is 5.91 Å². The van der Waals surface area contributed by atoms with E-state index in [1.54, 1.807) is 30.5 Å². The Kier molecular flexibility index (Phi) is 6.71. The van der Waals surface area contributed by atoms with Crippen LogP contribution < -0.4 is 19.7 Å². The molecule has 0 spiro atoms. The summed E-state index contributed by atoms with van der Waals surface area (Å²) in [6.07, 6.45) is 6.79. The Balaban J connectivity index is 1.19. The number of anilines is 2. The van der Waals surface area contributed by atoms with Gasteiger partial charge in [-0.15, -0.1) is 0 Å². The third-order valence-electron chi connectivity index (χ3n) is 6.34. The van der Waals surface area contributed by atoms with E-state index in [2.05, 4.69) is 41.4 Å². The number of benzene rings is 1. The lowest BCUT2D eigenvalue weighted by Gasteiger charge is -2.28. The molecule has 11 heteroatoms. The van der Waals surface area contributed by atoms with Crippen molar-refractivity contribution in [3.05, 3.63) is 79.0 Å². The zero-order chi connectivity index (χ0) is 26.6. The van der Waals surface area contributed by atoms with Gasteiger partial charge in [0.2, 0.25) is 11.8 Å². The van der Waals surface area contributed by atoms with Gasteiger partial charge in [0.1, 0.15) is 5.75 Å². The van der Waals surface area contributed by atoms with E-state index in [0.29, 0.717) is 41.8 Å². The number of aromatic nitrogens is 5. The molecule has 0 radical (unpaired) electrons. The summed E-state index contributed by atoms with van der Waals surface area (Å²) in [4.78, 5) is 28.2. The summed E-state index contributed by atoms with van der Waals surface area (Å²) >= 11 is 0. The maximum absolute atomic E-state index is 13.1. The lowest BCUT2D eigenvalue weighted by molar-refractivity contribution is 0.102. The minimum absolute atomic E-state index is 0.286. The zero-order valence-electron chi connectivity index (χ0n) is 21.1. The number of nitrogens with zero attached hydrogens (tertiary/aromatic N) is 5. The van der Waals surface area contributed by atoms with Gasteiger partial charge in [-0.1, -0.05) is 6.07 Å². The van der Waals surface area contributed by atoms with Crippen molar-refractivity contribution in [2.75, 3.05) is 43.6 Å². The van der Waals surface area contributed by atoms with Gasteiger partial charge in [0, 0.05) is 48.6 Å². The second-order valence-corrected chi connectivity index (χ2v) is 8.84. The smallest absolute Gasteiger partial charge is 0.276 e. The van der Waals surface area contributed by atoms with E-state index >= 15 is 0 Å². The Bertz CT molecular complexity index is 1610. The van der Waals surface area contributed by atoms with Crippen LogP contribution in [0.2, 0.25) is 0 Å². The summed E-state index contributed by atoms with van der Waals surface area (Å²) in [5.41, 5.74) is 4.50. The van der Waals surface area contributed by atoms with E-state index in [4.69, 9.17) is 14.2 Å². The standard InChI is InChI=1S/C28H25N7O4/c1-37-26-14-22(6-7-30-26)39-25-5-3-20(16-31-25)32-28(36)27-23-13-18(2-4-24(23)33-34-27)19-12-21(17-29-15-19)35-8-10-38-11-9-35/h2-7,12-17H,8-11H2,1H3,(H,32,36)(H,33,34). The Labute approximate surface area is 223 Å². The van der Waals surface area contributed by atoms with E-state index in [-0.39, 0.29) is 11.6 Å². The number of nitrogens with one attached hydrogen (secondary N) is 2. The van der Waals surface area contributed by atoms with Crippen LogP contribution in [-0.2, 0) is 4.74 Å². The lowest BCUT2D eigenvalue weighted by atomic mass is 10.0. The number of ether oxygens (including phenoxy) is 3. The molecule has 5 aromatic rings. The van der Waals surface area contributed by atoms with Crippen LogP contribution in [0.1, 0.15) is 10.5 Å². The molecular formula is C28H25N7O4. The van der Waals surface area contributed by atoms with Gasteiger partial charge in [-0.2, -0.15) is 5.10 Å². The molecule has 1 aromatic carbocycles. The van der Waals surface area contributed by atoms with Crippen molar-refractivity contribution in [1.82, 2.24) is 25.1 Å². The Morgan fingerprint density at radius 1 is 0.974 bits per heavy atom. The molecule has 1 fully saturated rings. The number of amides is 1. The number of hydrogen-bond donors (Lipinski definition) is 2. The highest BCUT2D eigenvalue weighted by atomic mass is 16.5. The molecule has 0 aliphatic carbocycles. The second kappa shape index (κ2) is 10.8. The van der Waals surface area contributed by atoms with Crippen LogP contribution in [0.3, 0.4) is 0 Å². The minimum Gasteiger partial charge on any atom is -0.481 e. The minimum atomic E-state index is -0.354. The molecule has 1 saturated heterocycles. The van der Waals surface area contributed by atoms with Crippen molar-refractivity contribution in [2.24, 2.45) is 0 Å². The molecule has 39 heavy (non-hydrogen) atoms. The van der Waals surface area contributed by atoms with Crippen LogP contribution in [0, 0.1) is 0 Å². The molecule has 2 N–H and O–H groups in total. The molecule has 6 rings (SSSR count). The number of methoxy groups -OCH3 is 1. The first-order valence-electron chi connectivity index (χ1n) is 12.4. The van der Waals surface area contributed by atoms with Gasteiger partial charge in [0.05, 0.1) is 49.6 Å². The fourth-order valence-corrected chi connectivity index (χ4v) is 4.34. The topological polar surface area (TPSA) is 127 Å². The first-order chi connectivity index (χ1) is 19.2. The molecular weight excluding hydrogens is 498 g/mol. The zero-order valence-corrected chi connectivity index (χ0v) is 21.1. The van der Waals surface area contributed by atoms with Crippen LogP contribution in [0.4, 0.5) is 11.4 Å². The van der Waals surface area contributed by atoms with E-state index < -0.39 is 0 Å². The van der Waals surface area contributed by atoms with Crippen molar-refractivity contribution in [2.45, 2.75) is 0 Å². The number of hydrogen-bond acceptors (Lipinski definition) is 9. The number of aromatic amines is 1. The highest BCUT2D eigenvalue weighted by Crippen LogP contribution is 2.29. The molecule has 196 valence electrons. The molecule has 0 saturated carbocycles. The number of fused-ring (bicyclic) bond motifs is 1. The van der Waals surface area contributed by atoms with E-state index in [9.17, 15) is 4.79 Å². The highest BCUT2D eigenvalue weighted by molar-refractivity contribution is 6.11. The SMILES string of the molecule is COc1cc(Oc2ccc(NC(=O)c3n[nH]c4ccc(-c5cncc(N6CCOCC6)c5)cc34)cn2)ccn1. The van der Waals surface area contributed by atoms with E-state index in [0.717, 1.165) is 35.4 Å². The highest BCUT2D eigenvalue weighted by Gasteiger charge is 2.17. The summed E-state index contributed by atoms with van der Waals surface area (Å²) in [6, 6.07) is 14.7. The van der Waals surface area contributed by atoms with Crippen molar-refractivity contribution in [1.29, 1.82) is 0 Å². The Hall–Kier alpha value is -5.03. The number of H-pyrrole nitrogens is 1. The van der Waals surface area contributed by atoms with Gasteiger partial charge in [-0.25, -0.2) is 9.97 Å². The van der Waals surface area contributed by atoms with Gasteiger partial charge in [-0.3, -0.25) is 14.9 Å². The van der Waals surface area contributed by atoms with E-state index in [1.807, 2.05) is 30.6 Å². The Morgan fingerprint density at radius 2 is 1.87 bits per heavy atom. The van der Waals surface area contributed by atoms with Crippen molar-refractivity contribution in [3.8, 4) is 28.6 Å². The number of rotatable bonds is 7. The molecule has 11 nitrogen and oxygen atoms in total. The monoisotopic (exact) mass is 523 g/mol. The normalized spacial score (nSPS) is 13.3. The van der Waals surface area contributed by atoms with Crippen molar-refractivity contribution >= 4 is 28.2 Å². The summed E-state index contributed by atoms with van der Waals surface area (Å²) in [5.74, 6) is 0.986. The van der Waals surface area contributed by atoms with Gasteiger partial charge in [0.15, 0.2) is 5.69 Å². The Morgan fingerprint density at radius 3 is 2.69 bits per heavy atom. The quantitative estimate of drug-likeness (QED) is 0.321. The predicted molar refractivity (Wildman–Crippen MR) is 145 cm³/mol. The third-order valence-corrected chi connectivity index (χ3v) is 6.34. The van der Waals surface area contributed by atoms with Crippen LogP contribution in [0.5, 0.6) is 17.5 Å². The summed E-state index contributed by atoms with van der Waals surface area (Å²) in [5, 5.41) is 10.8. The molecule has 1 aliphatic heterocycles. The first-order valence-corrected chi connectivity index (χ1v) is 12.4. The number of carbonyl (C=O) groups is 1. The fraction of sp³-hybridized carbons (Fsp3) is 0.179. The van der Waals surface area contributed by atoms with Crippen LogP contribution >= 0.6 is 0 Å². The van der Waals surface area contributed by atoms with Crippen LogP contribution in [0.15, 0.2) is 73.3 Å². The van der Waals surface area contributed by atoms with Crippen LogP contribution in [0.25, 0.3) is 22.0 Å². The number of morpholine rings is 1. The molecule has 5 heterocycles. The maximum atomic E-state index is 13.1. The molecule has 0 unspecified atom stereocenters. The lowest BCUT2D eigenvalue weighted by Crippen LogP contribution is -2.36. The fourth-order valence-electron chi connectivity index (χ4n) is 4.34. The molecule has 4 aromatic heterocycles. The first kappa shape index (κ1) is 24.3. The average Bonchev–Trinajstić information content (AvgIpc) is 3.42. The van der Waals surface area contributed by atoms with Crippen molar-refractivity contribution < 1.29 is 19.0 Å². The number of carbonyl (C=O) groups excluding carboxylic acids is 1. The summed E-state index contributed by atoms with van der Waals surface area (Å²) < 4.78 is 16.3. The van der Waals surface area contributed by atoms with Gasteiger partial charge < -0.3 is 24.4 Å². The maximum Gasteiger partial charge on any atom is 0.276 e. The van der Waals surface area contributed by atoms with Crippen LogP contribution in [-0.4, -0.2) is 64.5 Å². The largest absolute Gasteiger partial charge is 0.481 e. The molecule has 0 atom stereocenters. The summed E-state index contributed by atoms with van der Waals surface area (Å²) in [6.45, 7) is 3.07. The van der Waals surface area contributed by atoms with E-state index in [1.165, 1.54) is 13.3 Å². The second-order valence-electron chi connectivity index (χ2n) is 8.84. The average molecular weight is 524 g/mol. The molecule has 0 bridgehead atoms.